The van der Waals surface area contributed by atoms with E-state index < -0.39 is 10.8 Å². The molecule has 0 spiro atoms. The van der Waals surface area contributed by atoms with Crippen LogP contribution in [0.5, 0.6) is 0 Å². The number of benzene rings is 2. The molecule has 6 heteroatoms. The zero-order valence-electron chi connectivity index (χ0n) is 18.1. The van der Waals surface area contributed by atoms with Gasteiger partial charge >= 0.3 is 0 Å². The molecule has 162 valence electrons. The van der Waals surface area contributed by atoms with E-state index in [0.717, 1.165) is 44.0 Å². The van der Waals surface area contributed by atoms with Gasteiger partial charge in [-0.2, -0.15) is 0 Å². The number of carbonyl (C=O) groups is 1. The lowest BCUT2D eigenvalue weighted by Crippen LogP contribution is -2.13. The molecule has 1 amide bonds. The van der Waals surface area contributed by atoms with Gasteiger partial charge < -0.3 is 5.32 Å². The third kappa shape index (κ3) is 4.60. The highest BCUT2D eigenvalue weighted by Crippen LogP contribution is 2.44. The Morgan fingerprint density at radius 2 is 1.81 bits per heavy atom. The van der Waals surface area contributed by atoms with Crippen molar-refractivity contribution in [3.05, 3.63) is 94.4 Å². The molecule has 4 nitrogen and oxygen atoms in total. The van der Waals surface area contributed by atoms with E-state index in [-0.39, 0.29) is 18.1 Å². The quantitative estimate of drug-likeness (QED) is 0.553. The van der Waals surface area contributed by atoms with Gasteiger partial charge in [0.25, 0.3) is 0 Å². The van der Waals surface area contributed by atoms with Crippen molar-refractivity contribution in [2.24, 2.45) is 0 Å². The molecule has 1 heterocycles. The lowest BCUT2D eigenvalue weighted by atomic mass is 10.0. The van der Waals surface area contributed by atoms with E-state index in [9.17, 15) is 13.4 Å². The van der Waals surface area contributed by atoms with Crippen molar-refractivity contribution in [2.45, 2.75) is 25.2 Å². The fraction of sp³-hybridized carbons (Fsp3) is 0.154. The number of halogens is 1. The molecule has 0 saturated heterocycles. The van der Waals surface area contributed by atoms with Crippen molar-refractivity contribution in [3.63, 3.8) is 0 Å². The molecule has 0 radical (unpaired) electrons. The summed E-state index contributed by atoms with van der Waals surface area (Å²) in [5.41, 5.74) is 6.05. The van der Waals surface area contributed by atoms with Gasteiger partial charge in [-0.25, -0.2) is 9.37 Å². The summed E-state index contributed by atoms with van der Waals surface area (Å²) in [6.07, 6.45) is 3.77. The average Bonchev–Trinajstić information content (AvgIpc) is 2.99. The molecule has 3 aromatic rings. The van der Waals surface area contributed by atoms with E-state index >= 15 is 0 Å². The number of nitrogens with zero attached hydrogens (tertiary/aromatic N) is 1. The molecule has 1 aromatic heterocycles. The zero-order valence-corrected chi connectivity index (χ0v) is 18.9. The van der Waals surface area contributed by atoms with E-state index in [1.165, 1.54) is 12.1 Å². The van der Waals surface area contributed by atoms with Crippen LogP contribution in [0.15, 0.2) is 71.1 Å². The Balaban J connectivity index is 1.68. The monoisotopic (exact) mass is 446 g/mol. The second-order valence-corrected chi connectivity index (χ2v) is 9.14. The number of amides is 1. The normalized spacial score (nSPS) is 15.1. The van der Waals surface area contributed by atoms with Gasteiger partial charge in [0.2, 0.25) is 5.91 Å². The summed E-state index contributed by atoms with van der Waals surface area (Å²) < 4.78 is 25.7. The van der Waals surface area contributed by atoms with Gasteiger partial charge in [-0.3, -0.25) is 9.00 Å². The van der Waals surface area contributed by atoms with Gasteiger partial charge in [-0.05, 0) is 89.7 Å². The fourth-order valence-corrected chi connectivity index (χ4v) is 4.38. The minimum atomic E-state index is -1.04. The smallest absolute Gasteiger partial charge is 0.229 e. The Morgan fingerprint density at radius 1 is 1.06 bits per heavy atom. The largest absolute Gasteiger partial charge is 0.310 e. The van der Waals surface area contributed by atoms with Gasteiger partial charge in [0.1, 0.15) is 11.6 Å². The Hall–Kier alpha value is -3.38. The van der Waals surface area contributed by atoms with Crippen LogP contribution in [0, 0.1) is 12.7 Å². The van der Waals surface area contributed by atoms with E-state index in [1.54, 1.807) is 18.4 Å². The highest BCUT2D eigenvalue weighted by Gasteiger charge is 2.26. The highest BCUT2D eigenvalue weighted by molar-refractivity contribution is 7.84. The van der Waals surface area contributed by atoms with E-state index in [0.29, 0.717) is 5.82 Å². The summed E-state index contributed by atoms with van der Waals surface area (Å²) in [5.74, 6) is -0.0515. The third-order valence-corrected chi connectivity index (χ3v) is 6.41. The molecule has 1 aliphatic carbocycles. The fourth-order valence-electron chi connectivity index (χ4n) is 3.86. The van der Waals surface area contributed by atoms with Gasteiger partial charge in [0, 0.05) is 27.6 Å². The molecule has 1 atom stereocenters. The van der Waals surface area contributed by atoms with Crippen LogP contribution in [0.25, 0.3) is 17.2 Å². The molecular formula is C26H23FN2O2S. The summed E-state index contributed by atoms with van der Waals surface area (Å²) in [5, 5.41) is 2.83. The van der Waals surface area contributed by atoms with Crippen LogP contribution >= 0.6 is 0 Å². The maximum Gasteiger partial charge on any atom is 0.229 e. The lowest BCUT2D eigenvalue weighted by molar-refractivity contribution is -0.115. The van der Waals surface area contributed by atoms with Gasteiger partial charge in [-0.15, -0.1) is 0 Å². The van der Waals surface area contributed by atoms with Crippen molar-refractivity contribution in [1.82, 2.24) is 4.98 Å². The molecule has 0 bridgehead atoms. The first-order valence-corrected chi connectivity index (χ1v) is 11.8. The first-order chi connectivity index (χ1) is 15.3. The van der Waals surface area contributed by atoms with E-state index in [2.05, 4.69) is 10.3 Å². The number of hydrogen-bond acceptors (Lipinski definition) is 3. The predicted octanol–water partition coefficient (Wildman–Crippen LogP) is 5.62. The van der Waals surface area contributed by atoms with Crippen molar-refractivity contribution in [1.29, 1.82) is 0 Å². The van der Waals surface area contributed by atoms with Crippen molar-refractivity contribution in [2.75, 3.05) is 11.6 Å². The van der Waals surface area contributed by atoms with Crippen LogP contribution in [0.3, 0.4) is 0 Å². The summed E-state index contributed by atoms with van der Waals surface area (Å²) in [6, 6.07) is 17.6. The molecule has 0 fully saturated rings. The minimum absolute atomic E-state index is 0.114. The van der Waals surface area contributed by atoms with Crippen LogP contribution < -0.4 is 5.32 Å². The summed E-state index contributed by atoms with van der Waals surface area (Å²) in [6.45, 7) is 3.81. The Bertz CT molecular complexity index is 1290. The van der Waals surface area contributed by atoms with Crippen molar-refractivity contribution < 1.29 is 13.4 Å². The number of carbonyl (C=O) groups excluding carboxylic acids is 1. The second kappa shape index (κ2) is 9.01. The number of hydrogen-bond donors (Lipinski definition) is 1. The molecule has 0 saturated carbocycles. The number of nitrogens with one attached hydrogen (secondary N) is 1. The third-order valence-electron chi connectivity index (χ3n) is 5.47. The zero-order chi connectivity index (χ0) is 22.8. The highest BCUT2D eigenvalue weighted by atomic mass is 32.2. The topological polar surface area (TPSA) is 59.1 Å². The number of fused-ring (bicyclic) bond motifs is 1. The van der Waals surface area contributed by atoms with Crippen molar-refractivity contribution >= 4 is 39.7 Å². The summed E-state index contributed by atoms with van der Waals surface area (Å²) in [7, 11) is -1.04. The van der Waals surface area contributed by atoms with E-state index in [1.807, 2.05) is 56.3 Å². The van der Waals surface area contributed by atoms with Crippen LogP contribution in [0.4, 0.5) is 10.2 Å². The Labute approximate surface area is 189 Å². The molecule has 1 N–H and O–H groups in total. The molecule has 1 aliphatic rings. The lowest BCUT2D eigenvalue weighted by Gasteiger charge is -2.08. The minimum Gasteiger partial charge on any atom is -0.310 e. The van der Waals surface area contributed by atoms with Gasteiger partial charge in [0.15, 0.2) is 0 Å². The number of pyridine rings is 1. The number of aromatic nitrogens is 1. The van der Waals surface area contributed by atoms with Crippen LogP contribution in [0.2, 0.25) is 0 Å². The molecule has 1 unspecified atom stereocenters. The number of anilines is 1. The molecule has 32 heavy (non-hydrogen) atoms. The number of allylic oxidation sites excluding steroid dienone is 2. The maximum absolute atomic E-state index is 14.1. The summed E-state index contributed by atoms with van der Waals surface area (Å²) >= 11 is 0. The standard InChI is InChI=1S/C26H23FN2O2S/c1-16-5-4-6-25(28-16)29-26(30)15-23-17(2)22(21-12-9-19(27)14-24(21)23)13-18-7-10-20(11-8-18)32(3)31/h4-14H,15H2,1-3H3,(H,28,29,30). The van der Waals surface area contributed by atoms with E-state index in [4.69, 9.17) is 0 Å². The molecule has 4 rings (SSSR count). The first kappa shape index (κ1) is 21.8. The van der Waals surface area contributed by atoms with Crippen molar-refractivity contribution in [3.8, 4) is 0 Å². The number of aryl methyl sites for hydroxylation is 1. The van der Waals surface area contributed by atoms with Crippen LogP contribution in [-0.2, 0) is 15.6 Å². The van der Waals surface area contributed by atoms with Gasteiger partial charge in [0.05, 0.1) is 6.42 Å². The second-order valence-electron chi connectivity index (χ2n) is 7.76. The molecule has 2 aromatic carbocycles. The maximum atomic E-state index is 14.1. The van der Waals surface area contributed by atoms with Crippen LogP contribution in [-0.4, -0.2) is 21.4 Å². The Kier molecular flexibility index (Phi) is 6.15. The Morgan fingerprint density at radius 3 is 2.50 bits per heavy atom. The van der Waals surface area contributed by atoms with Gasteiger partial charge in [-0.1, -0.05) is 24.3 Å². The average molecular weight is 447 g/mol. The van der Waals surface area contributed by atoms with Crippen LogP contribution in [0.1, 0.15) is 35.7 Å². The summed E-state index contributed by atoms with van der Waals surface area (Å²) in [4.78, 5) is 17.8. The first-order valence-electron chi connectivity index (χ1n) is 10.2. The molecule has 0 aliphatic heterocycles. The molecular weight excluding hydrogens is 423 g/mol. The SMILES string of the molecule is CC1=C(CC(=O)Nc2cccc(C)n2)c2cc(F)ccc2C1=Cc1ccc(S(C)=O)cc1. The predicted molar refractivity (Wildman–Crippen MR) is 128 cm³/mol. The number of rotatable bonds is 5.